The van der Waals surface area contributed by atoms with Crippen molar-refractivity contribution in [1.29, 1.82) is 0 Å². The molecule has 0 radical (unpaired) electrons. The second-order valence-electron chi connectivity index (χ2n) is 7.70. The molecule has 184 valence electrons. The number of carbonyl (C=O) groups is 3. The average molecular weight is 489 g/mol. The van der Waals surface area contributed by atoms with Crippen LogP contribution in [0, 0.1) is 5.82 Å². The van der Waals surface area contributed by atoms with Crippen molar-refractivity contribution in [3.63, 3.8) is 0 Å². The van der Waals surface area contributed by atoms with Gasteiger partial charge in [-0.05, 0) is 47.4 Å². The molecule has 0 aliphatic rings. The Morgan fingerprint density at radius 1 is 0.750 bits per heavy atom. The highest BCUT2D eigenvalue weighted by atomic mass is 19.1. The van der Waals surface area contributed by atoms with E-state index < -0.39 is 23.7 Å². The molecule has 0 aliphatic heterocycles. The van der Waals surface area contributed by atoms with Crippen molar-refractivity contribution < 1.29 is 33.0 Å². The fourth-order valence-corrected chi connectivity index (χ4v) is 3.28. The normalized spacial score (nSPS) is 10.2. The van der Waals surface area contributed by atoms with E-state index in [0.29, 0.717) is 29.7 Å². The van der Waals surface area contributed by atoms with Crippen LogP contribution in [-0.2, 0) is 32.0 Å². The van der Waals surface area contributed by atoms with E-state index in [1.165, 1.54) is 12.1 Å². The number of aryl methyl sites for hydroxylation is 1. The zero-order valence-corrected chi connectivity index (χ0v) is 19.6. The van der Waals surface area contributed by atoms with Gasteiger partial charge in [0, 0.05) is 36.6 Å². The minimum atomic E-state index is -0.583. The molecule has 3 aromatic rings. The molecule has 3 rings (SSSR count). The molecule has 3 aromatic carbocycles. The Hall–Kier alpha value is -4.52. The lowest BCUT2D eigenvalue weighted by Gasteiger charge is -2.09. The number of esters is 3. The van der Waals surface area contributed by atoms with Crippen LogP contribution in [0.3, 0.4) is 0 Å². The monoisotopic (exact) mass is 488 g/mol. The summed E-state index contributed by atoms with van der Waals surface area (Å²) in [5.74, 6) is -1.63. The summed E-state index contributed by atoms with van der Waals surface area (Å²) >= 11 is 0. The lowest BCUT2D eigenvalue weighted by atomic mass is 10.0. The van der Waals surface area contributed by atoms with Crippen LogP contribution in [0.4, 0.5) is 4.39 Å². The van der Waals surface area contributed by atoms with Gasteiger partial charge in [-0.2, -0.15) is 0 Å². The molecule has 0 fully saturated rings. The topological polar surface area (TPSA) is 78.9 Å². The van der Waals surface area contributed by atoms with Crippen LogP contribution in [0.15, 0.2) is 92.0 Å². The van der Waals surface area contributed by atoms with Crippen molar-refractivity contribution in [2.24, 2.45) is 0 Å². The molecule has 0 spiro atoms. The van der Waals surface area contributed by atoms with Gasteiger partial charge in [-0.3, -0.25) is 4.79 Å². The van der Waals surface area contributed by atoms with E-state index in [4.69, 9.17) is 14.2 Å². The molecule has 0 atom stereocenters. The van der Waals surface area contributed by atoms with E-state index in [2.05, 4.69) is 13.2 Å². The average Bonchev–Trinajstić information content (AvgIpc) is 2.88. The molecule has 0 amide bonds. The van der Waals surface area contributed by atoms with Gasteiger partial charge in [0.05, 0.1) is 6.61 Å². The molecule has 0 saturated heterocycles. The second kappa shape index (κ2) is 12.8. The number of hydrogen-bond acceptors (Lipinski definition) is 6. The maximum Gasteiger partial charge on any atom is 0.335 e. The molecule has 0 unspecified atom stereocenters. The fraction of sp³-hybridized carbons (Fsp3) is 0.138. The first-order valence-electron chi connectivity index (χ1n) is 11.2. The number of ether oxygens (including phenoxy) is 3. The summed E-state index contributed by atoms with van der Waals surface area (Å²) < 4.78 is 29.9. The lowest BCUT2D eigenvalue weighted by Crippen LogP contribution is -2.09. The smallest absolute Gasteiger partial charge is 0.335 e. The van der Waals surface area contributed by atoms with Crippen molar-refractivity contribution in [2.45, 2.75) is 19.3 Å². The van der Waals surface area contributed by atoms with E-state index in [-0.39, 0.29) is 18.8 Å². The fourth-order valence-electron chi connectivity index (χ4n) is 3.28. The van der Waals surface area contributed by atoms with Crippen molar-refractivity contribution in [2.75, 3.05) is 6.61 Å². The summed E-state index contributed by atoms with van der Waals surface area (Å²) in [4.78, 5) is 34.6. The van der Waals surface area contributed by atoms with Gasteiger partial charge >= 0.3 is 17.9 Å². The predicted molar refractivity (Wildman–Crippen MR) is 133 cm³/mol. The summed E-state index contributed by atoms with van der Waals surface area (Å²) in [6, 6.07) is 18.2. The van der Waals surface area contributed by atoms with Crippen LogP contribution < -0.4 is 9.47 Å². The molecule has 0 aliphatic carbocycles. The molecule has 0 heterocycles. The van der Waals surface area contributed by atoms with Gasteiger partial charge in [-0.25, -0.2) is 14.0 Å². The summed E-state index contributed by atoms with van der Waals surface area (Å²) in [5.41, 5.74) is 2.84. The van der Waals surface area contributed by atoms with Gasteiger partial charge in [0.1, 0.15) is 17.3 Å². The van der Waals surface area contributed by atoms with Gasteiger partial charge in [-0.15, -0.1) is 0 Å². The van der Waals surface area contributed by atoms with Crippen molar-refractivity contribution in [3.8, 4) is 22.6 Å². The quantitative estimate of drug-likeness (QED) is 0.204. The lowest BCUT2D eigenvalue weighted by molar-refractivity contribution is -0.137. The number of rotatable bonds is 11. The number of carbonyl (C=O) groups excluding carboxylic acids is 3. The molecular weight excluding hydrogens is 463 g/mol. The zero-order valence-electron chi connectivity index (χ0n) is 19.6. The van der Waals surface area contributed by atoms with E-state index in [9.17, 15) is 18.8 Å². The summed E-state index contributed by atoms with van der Waals surface area (Å²) in [7, 11) is 0. The third kappa shape index (κ3) is 7.77. The van der Waals surface area contributed by atoms with Crippen molar-refractivity contribution in [1.82, 2.24) is 0 Å². The third-order valence-corrected chi connectivity index (χ3v) is 5.17. The highest BCUT2D eigenvalue weighted by Gasteiger charge is 2.11. The molecule has 0 bridgehead atoms. The van der Waals surface area contributed by atoms with Crippen LogP contribution in [-0.4, -0.2) is 24.5 Å². The maximum absolute atomic E-state index is 14.7. The molecule has 36 heavy (non-hydrogen) atoms. The standard InChI is InChI=1S/C29H25FO6/c1-3-27(31)34-18-17-21-7-5-20(6-8-21)9-16-29(33)36-24-14-15-25(26(30)19-24)22-10-12-23(13-11-22)35-28(32)4-2/h3-8,10-15,19H,1-2,9,16-18H2. The van der Waals surface area contributed by atoms with Crippen LogP contribution in [0.25, 0.3) is 11.1 Å². The Morgan fingerprint density at radius 3 is 1.97 bits per heavy atom. The van der Waals surface area contributed by atoms with Gasteiger partial charge in [0.25, 0.3) is 0 Å². The predicted octanol–water partition coefficient (Wildman–Crippen LogP) is 5.39. The number of benzene rings is 3. The Labute approximate surface area is 208 Å². The van der Waals surface area contributed by atoms with Crippen LogP contribution in [0.5, 0.6) is 11.5 Å². The van der Waals surface area contributed by atoms with Crippen LogP contribution in [0.1, 0.15) is 17.5 Å². The largest absolute Gasteiger partial charge is 0.462 e. The second-order valence-corrected chi connectivity index (χ2v) is 7.70. The first-order chi connectivity index (χ1) is 17.4. The van der Waals surface area contributed by atoms with Crippen molar-refractivity contribution >= 4 is 17.9 Å². The van der Waals surface area contributed by atoms with Gasteiger partial charge in [0.2, 0.25) is 0 Å². The number of halogens is 1. The highest BCUT2D eigenvalue weighted by Crippen LogP contribution is 2.28. The highest BCUT2D eigenvalue weighted by molar-refractivity contribution is 5.83. The van der Waals surface area contributed by atoms with E-state index in [1.807, 2.05) is 24.3 Å². The summed E-state index contributed by atoms with van der Waals surface area (Å²) in [6.45, 7) is 6.95. The Balaban J connectivity index is 1.50. The molecule has 0 saturated carbocycles. The number of hydrogen-bond donors (Lipinski definition) is 0. The minimum Gasteiger partial charge on any atom is -0.462 e. The molecule has 7 heteroatoms. The first kappa shape index (κ1) is 26.1. The van der Waals surface area contributed by atoms with E-state index in [0.717, 1.165) is 29.3 Å². The Kier molecular flexibility index (Phi) is 9.28. The summed E-state index contributed by atoms with van der Waals surface area (Å²) in [5, 5.41) is 0. The van der Waals surface area contributed by atoms with E-state index in [1.54, 1.807) is 24.3 Å². The minimum absolute atomic E-state index is 0.113. The van der Waals surface area contributed by atoms with Gasteiger partial charge in [0.15, 0.2) is 0 Å². The Bertz CT molecular complexity index is 1250. The molecule has 0 aromatic heterocycles. The van der Waals surface area contributed by atoms with Gasteiger partial charge in [-0.1, -0.05) is 49.6 Å². The van der Waals surface area contributed by atoms with Crippen LogP contribution >= 0.6 is 0 Å². The third-order valence-electron chi connectivity index (χ3n) is 5.17. The zero-order chi connectivity index (χ0) is 25.9. The summed E-state index contributed by atoms with van der Waals surface area (Å²) in [6.07, 6.45) is 3.35. The first-order valence-corrected chi connectivity index (χ1v) is 11.2. The van der Waals surface area contributed by atoms with Crippen molar-refractivity contribution in [3.05, 3.63) is 109 Å². The Morgan fingerprint density at radius 2 is 1.36 bits per heavy atom. The van der Waals surface area contributed by atoms with Crippen LogP contribution in [0.2, 0.25) is 0 Å². The maximum atomic E-state index is 14.7. The molecular formula is C29H25FO6. The molecule has 6 nitrogen and oxygen atoms in total. The molecule has 0 N–H and O–H groups in total. The van der Waals surface area contributed by atoms with E-state index >= 15 is 0 Å². The SMILES string of the molecule is C=CC(=O)OCCc1ccc(CCC(=O)Oc2ccc(-c3ccc(OC(=O)C=C)cc3)c(F)c2)cc1. The van der Waals surface area contributed by atoms with Gasteiger partial charge < -0.3 is 14.2 Å².